The lowest BCUT2D eigenvalue weighted by molar-refractivity contribution is -0.120. The van der Waals surface area contributed by atoms with E-state index in [1.807, 2.05) is 4.72 Å². The van der Waals surface area contributed by atoms with Crippen LogP contribution in [0.1, 0.15) is 21.5 Å². The summed E-state index contributed by atoms with van der Waals surface area (Å²) in [6, 6.07) is 15.1. The van der Waals surface area contributed by atoms with Crippen molar-refractivity contribution >= 4 is 33.6 Å². The molecule has 3 aromatic carbocycles. The highest BCUT2D eigenvalue weighted by Crippen LogP contribution is 2.35. The first-order valence-corrected chi connectivity index (χ1v) is 13.0. The van der Waals surface area contributed by atoms with Gasteiger partial charge in [-0.3, -0.25) is 9.59 Å². The number of nitrogens with two attached hydrogens (primary N) is 1. The van der Waals surface area contributed by atoms with Crippen LogP contribution in [0.15, 0.2) is 71.6 Å². The van der Waals surface area contributed by atoms with E-state index in [2.05, 4.69) is 5.32 Å². The first-order valence-electron chi connectivity index (χ1n) is 11.5. The topological polar surface area (TPSA) is 157 Å². The van der Waals surface area contributed by atoms with Crippen LogP contribution in [0.4, 0.5) is 10.5 Å². The van der Waals surface area contributed by atoms with Crippen LogP contribution in [0.2, 0.25) is 0 Å². The lowest BCUT2D eigenvalue weighted by Gasteiger charge is -2.25. The number of likely N-dealkylation sites (N-methyl/N-ethyl adjacent to an activating group) is 1. The number of primary amides is 1. The Hall–Kier alpha value is -4.58. The molecular formula is C26H26N4O7S. The normalized spacial score (nSPS) is 12.9. The first-order chi connectivity index (χ1) is 18.1. The molecule has 0 saturated carbocycles. The van der Waals surface area contributed by atoms with E-state index in [0.717, 1.165) is 0 Å². The number of benzene rings is 3. The lowest BCUT2D eigenvalue weighted by atomic mass is 9.99. The average Bonchev–Trinajstić information content (AvgIpc) is 3.35. The number of hydrogen-bond donors (Lipinski definition) is 3. The van der Waals surface area contributed by atoms with Crippen molar-refractivity contribution in [3.05, 3.63) is 83.4 Å². The molecule has 0 saturated heterocycles. The third-order valence-corrected chi connectivity index (χ3v) is 7.49. The number of fused-ring (bicyclic) bond motifs is 1. The van der Waals surface area contributed by atoms with Gasteiger partial charge in [0.25, 0.3) is 10.0 Å². The number of hydrogen-bond acceptors (Lipinski definition) is 7. The number of urea groups is 1. The number of rotatable bonds is 8. The van der Waals surface area contributed by atoms with Gasteiger partial charge < -0.3 is 25.4 Å². The van der Waals surface area contributed by atoms with Crippen molar-refractivity contribution in [2.45, 2.75) is 24.3 Å². The van der Waals surface area contributed by atoms with Crippen LogP contribution in [0.3, 0.4) is 0 Å². The summed E-state index contributed by atoms with van der Waals surface area (Å²) in [6.07, 6.45) is -0.134. The summed E-state index contributed by atoms with van der Waals surface area (Å²) in [5.74, 6) is -0.303. The number of carbonyl (C=O) groups is 3. The summed E-state index contributed by atoms with van der Waals surface area (Å²) < 4.78 is 38.3. The van der Waals surface area contributed by atoms with E-state index >= 15 is 0 Å². The van der Waals surface area contributed by atoms with Crippen LogP contribution in [-0.2, 0) is 21.2 Å². The maximum atomic E-state index is 13.6. The number of anilines is 1. The summed E-state index contributed by atoms with van der Waals surface area (Å²) >= 11 is 0. The van der Waals surface area contributed by atoms with E-state index in [4.69, 9.17) is 15.2 Å². The van der Waals surface area contributed by atoms with Gasteiger partial charge in [-0.15, -0.1) is 0 Å². The van der Waals surface area contributed by atoms with Gasteiger partial charge in [-0.05, 0) is 42.3 Å². The Morgan fingerprint density at radius 3 is 2.42 bits per heavy atom. The van der Waals surface area contributed by atoms with Gasteiger partial charge in [-0.25, -0.2) is 17.9 Å². The van der Waals surface area contributed by atoms with Crippen LogP contribution >= 0.6 is 0 Å². The van der Waals surface area contributed by atoms with E-state index in [0.29, 0.717) is 28.3 Å². The number of sulfonamides is 1. The highest BCUT2D eigenvalue weighted by Gasteiger charge is 2.29. The number of carbonyl (C=O) groups excluding carboxylic acids is 3. The van der Waals surface area contributed by atoms with E-state index in [9.17, 15) is 22.8 Å². The molecule has 198 valence electrons. The Kier molecular flexibility index (Phi) is 7.53. The molecule has 0 aliphatic carbocycles. The van der Waals surface area contributed by atoms with Crippen molar-refractivity contribution < 1.29 is 32.3 Å². The molecule has 1 atom stereocenters. The van der Waals surface area contributed by atoms with Crippen molar-refractivity contribution in [1.29, 1.82) is 0 Å². The number of nitrogens with zero attached hydrogens (tertiary/aromatic N) is 1. The molecule has 38 heavy (non-hydrogen) atoms. The lowest BCUT2D eigenvalue weighted by Crippen LogP contribution is -2.52. The number of nitrogens with one attached hydrogen (secondary N) is 2. The Balaban J connectivity index is 1.61. The molecule has 0 radical (unpaired) electrons. The summed E-state index contributed by atoms with van der Waals surface area (Å²) in [5, 5.41) is 2.45. The van der Waals surface area contributed by atoms with Crippen molar-refractivity contribution in [3.8, 4) is 11.5 Å². The standard InChI is InChI=1S/C26H26N4O7S/c1-16-7-3-6-10-23(16)38(34,35)29-26(33)28-20(13-17-8-4-5-9-19(17)24(27)31)25(32)30(2)18-11-12-21-22(14-18)37-15-36-21/h3-12,14,20H,13,15H2,1-2H3,(H2,27,31)(H2,28,29,33). The predicted molar refractivity (Wildman–Crippen MR) is 138 cm³/mol. The fourth-order valence-electron chi connectivity index (χ4n) is 4.04. The van der Waals surface area contributed by atoms with Crippen molar-refractivity contribution in [1.82, 2.24) is 10.0 Å². The molecule has 4 rings (SSSR count). The van der Waals surface area contributed by atoms with E-state index in [1.54, 1.807) is 55.5 Å². The summed E-state index contributed by atoms with van der Waals surface area (Å²) in [4.78, 5) is 39.7. The smallest absolute Gasteiger partial charge is 0.329 e. The molecule has 0 bridgehead atoms. The molecule has 0 aromatic heterocycles. The first kappa shape index (κ1) is 26.5. The van der Waals surface area contributed by atoms with Gasteiger partial charge in [-0.2, -0.15) is 0 Å². The Labute approximate surface area is 219 Å². The second kappa shape index (κ2) is 10.8. The maximum absolute atomic E-state index is 13.6. The van der Waals surface area contributed by atoms with Gasteiger partial charge in [0.1, 0.15) is 6.04 Å². The Bertz CT molecular complexity index is 1510. The number of ether oxygens (including phenoxy) is 2. The molecule has 0 spiro atoms. The molecule has 1 aliphatic rings. The zero-order valence-electron chi connectivity index (χ0n) is 20.6. The Morgan fingerprint density at radius 1 is 1.00 bits per heavy atom. The average molecular weight is 539 g/mol. The molecule has 1 heterocycles. The van der Waals surface area contributed by atoms with E-state index in [1.165, 1.54) is 30.1 Å². The maximum Gasteiger partial charge on any atom is 0.329 e. The molecule has 0 fully saturated rings. The number of aryl methyl sites for hydroxylation is 1. The second-order valence-corrected chi connectivity index (χ2v) is 10.2. The van der Waals surface area contributed by atoms with Crippen LogP contribution < -0.4 is 30.1 Å². The van der Waals surface area contributed by atoms with E-state index < -0.39 is 33.9 Å². The van der Waals surface area contributed by atoms with Gasteiger partial charge in [-0.1, -0.05) is 36.4 Å². The van der Waals surface area contributed by atoms with Gasteiger partial charge in [0.15, 0.2) is 11.5 Å². The van der Waals surface area contributed by atoms with Crippen molar-refractivity contribution in [2.75, 3.05) is 18.7 Å². The molecule has 4 amide bonds. The highest BCUT2D eigenvalue weighted by molar-refractivity contribution is 7.90. The van der Waals surface area contributed by atoms with Gasteiger partial charge in [0, 0.05) is 30.8 Å². The van der Waals surface area contributed by atoms with Crippen molar-refractivity contribution in [3.63, 3.8) is 0 Å². The van der Waals surface area contributed by atoms with Crippen LogP contribution in [0.25, 0.3) is 0 Å². The molecule has 12 heteroatoms. The number of amides is 4. The van der Waals surface area contributed by atoms with Gasteiger partial charge >= 0.3 is 6.03 Å². The van der Waals surface area contributed by atoms with Crippen LogP contribution in [0.5, 0.6) is 11.5 Å². The second-order valence-electron chi connectivity index (χ2n) is 8.56. The fraction of sp³-hybridized carbons (Fsp3) is 0.192. The summed E-state index contributed by atoms with van der Waals surface area (Å²) in [5.41, 5.74) is 6.96. The highest BCUT2D eigenvalue weighted by atomic mass is 32.2. The minimum absolute atomic E-state index is 0.0556. The molecule has 11 nitrogen and oxygen atoms in total. The zero-order valence-corrected chi connectivity index (χ0v) is 21.4. The fourth-order valence-corrected chi connectivity index (χ4v) is 5.20. The van der Waals surface area contributed by atoms with Gasteiger partial charge in [0.2, 0.25) is 18.6 Å². The predicted octanol–water partition coefficient (Wildman–Crippen LogP) is 2.08. The molecule has 4 N–H and O–H groups in total. The van der Waals surface area contributed by atoms with Crippen molar-refractivity contribution in [2.24, 2.45) is 5.73 Å². The largest absolute Gasteiger partial charge is 0.454 e. The third-order valence-electron chi connectivity index (χ3n) is 5.99. The molecular weight excluding hydrogens is 512 g/mol. The molecule has 1 unspecified atom stereocenters. The van der Waals surface area contributed by atoms with Crippen LogP contribution in [0, 0.1) is 6.92 Å². The van der Waals surface area contributed by atoms with Gasteiger partial charge in [0.05, 0.1) is 4.90 Å². The monoisotopic (exact) mass is 538 g/mol. The third kappa shape index (κ3) is 5.70. The molecule has 1 aliphatic heterocycles. The summed E-state index contributed by atoms with van der Waals surface area (Å²) in [6.45, 7) is 1.65. The SMILES string of the molecule is Cc1ccccc1S(=O)(=O)NC(=O)NC(Cc1ccccc1C(N)=O)C(=O)N(C)c1ccc2c(c1)OCO2. The Morgan fingerprint density at radius 2 is 1.68 bits per heavy atom. The minimum Gasteiger partial charge on any atom is -0.454 e. The van der Waals surface area contributed by atoms with E-state index in [-0.39, 0.29) is 23.7 Å². The quantitative estimate of drug-likeness (QED) is 0.396. The minimum atomic E-state index is -4.23. The van der Waals surface area contributed by atoms with Crippen LogP contribution in [-0.4, -0.2) is 46.1 Å². The summed E-state index contributed by atoms with van der Waals surface area (Å²) in [7, 11) is -2.73. The zero-order chi connectivity index (χ0) is 27.4. The molecule has 3 aromatic rings.